The summed E-state index contributed by atoms with van der Waals surface area (Å²) in [7, 11) is 3.03. The summed E-state index contributed by atoms with van der Waals surface area (Å²) in [5.74, 6) is 1.28. The molecule has 210 valence electrons. The Morgan fingerprint density at radius 1 is 0.878 bits per heavy atom. The Hall–Kier alpha value is -5.13. The molecule has 0 aliphatic rings. The third-order valence-corrected chi connectivity index (χ3v) is 6.41. The van der Waals surface area contributed by atoms with Gasteiger partial charge in [-0.1, -0.05) is 48.8 Å². The molecule has 1 N–H and O–H groups in total. The fourth-order valence-corrected chi connectivity index (χ4v) is 4.41. The van der Waals surface area contributed by atoms with E-state index in [4.69, 9.17) is 24.0 Å². The second kappa shape index (κ2) is 12.4. The first-order chi connectivity index (χ1) is 20.0. The summed E-state index contributed by atoms with van der Waals surface area (Å²) in [4.78, 5) is 46.1. The van der Waals surface area contributed by atoms with Gasteiger partial charge in [0.05, 0.1) is 44.6 Å². The first kappa shape index (κ1) is 27.4. The van der Waals surface area contributed by atoms with E-state index in [9.17, 15) is 9.59 Å². The number of ether oxygens (including phenoxy) is 2. The Balaban J connectivity index is 1.53. The summed E-state index contributed by atoms with van der Waals surface area (Å²) >= 11 is 0. The van der Waals surface area contributed by atoms with Crippen LogP contribution in [0.2, 0.25) is 0 Å². The standard InChI is InChI=1S/C29H29N7O5/c1-4-5-9-18-14-27(37)36(24(31-18)15-23-32-25(39-2)16-26(33-23)40-3)17-19-10-8-13-22(30-19)20-11-6-7-12-21(20)28-34-29(38)41-35-28/h6-8,10-14,16H,4-5,9,15,17H2,1-3H3,(H,34,35,38). The number of benzene rings is 1. The van der Waals surface area contributed by atoms with Crippen LogP contribution in [-0.2, 0) is 19.4 Å². The summed E-state index contributed by atoms with van der Waals surface area (Å²) in [6.45, 7) is 2.27. The van der Waals surface area contributed by atoms with Crippen molar-refractivity contribution in [3.8, 4) is 34.4 Å². The van der Waals surface area contributed by atoms with Crippen molar-refractivity contribution in [1.29, 1.82) is 0 Å². The van der Waals surface area contributed by atoms with Gasteiger partial charge >= 0.3 is 5.76 Å². The number of pyridine rings is 1. The molecule has 0 saturated carbocycles. The van der Waals surface area contributed by atoms with Gasteiger partial charge in [-0.15, -0.1) is 0 Å². The lowest BCUT2D eigenvalue weighted by Gasteiger charge is -2.14. The Kier molecular flexibility index (Phi) is 8.28. The topological polar surface area (TPSA) is 151 Å². The van der Waals surface area contributed by atoms with Gasteiger partial charge < -0.3 is 9.47 Å². The van der Waals surface area contributed by atoms with Crippen molar-refractivity contribution in [2.24, 2.45) is 0 Å². The van der Waals surface area contributed by atoms with Crippen LogP contribution in [0.1, 0.15) is 42.8 Å². The van der Waals surface area contributed by atoms with Gasteiger partial charge in [-0.25, -0.2) is 9.78 Å². The zero-order valence-corrected chi connectivity index (χ0v) is 23.0. The van der Waals surface area contributed by atoms with Crippen LogP contribution >= 0.6 is 0 Å². The lowest BCUT2D eigenvalue weighted by Crippen LogP contribution is -2.27. The number of methoxy groups -OCH3 is 2. The molecule has 0 spiro atoms. The number of nitrogens with one attached hydrogen (secondary N) is 1. The molecular formula is C29H29N7O5. The molecule has 4 heterocycles. The zero-order chi connectivity index (χ0) is 28.8. The van der Waals surface area contributed by atoms with Gasteiger partial charge in [-0.05, 0) is 25.0 Å². The first-order valence-corrected chi connectivity index (χ1v) is 13.1. The van der Waals surface area contributed by atoms with Crippen LogP contribution in [0.25, 0.3) is 22.6 Å². The van der Waals surface area contributed by atoms with Crippen molar-refractivity contribution in [2.45, 2.75) is 39.2 Å². The van der Waals surface area contributed by atoms with E-state index in [0.717, 1.165) is 24.1 Å². The Morgan fingerprint density at radius 2 is 1.63 bits per heavy atom. The average Bonchev–Trinajstić information content (AvgIpc) is 3.43. The Morgan fingerprint density at radius 3 is 2.32 bits per heavy atom. The third-order valence-electron chi connectivity index (χ3n) is 6.41. The minimum Gasteiger partial charge on any atom is -0.481 e. The van der Waals surface area contributed by atoms with Crippen molar-refractivity contribution < 1.29 is 14.0 Å². The molecular weight excluding hydrogens is 526 g/mol. The second-order valence-electron chi connectivity index (χ2n) is 9.24. The predicted molar refractivity (Wildman–Crippen MR) is 150 cm³/mol. The first-order valence-electron chi connectivity index (χ1n) is 13.1. The van der Waals surface area contributed by atoms with Crippen molar-refractivity contribution >= 4 is 0 Å². The van der Waals surface area contributed by atoms with E-state index < -0.39 is 5.76 Å². The van der Waals surface area contributed by atoms with E-state index in [0.29, 0.717) is 52.6 Å². The summed E-state index contributed by atoms with van der Waals surface area (Å²) in [5, 5.41) is 3.83. The van der Waals surface area contributed by atoms with E-state index in [2.05, 4.69) is 27.0 Å². The van der Waals surface area contributed by atoms with Crippen LogP contribution in [0.15, 0.2) is 68.7 Å². The van der Waals surface area contributed by atoms with E-state index in [1.807, 2.05) is 42.5 Å². The van der Waals surface area contributed by atoms with Gasteiger partial charge in [0.15, 0.2) is 5.82 Å². The van der Waals surface area contributed by atoms with E-state index in [1.54, 1.807) is 16.7 Å². The molecule has 0 bridgehead atoms. The van der Waals surface area contributed by atoms with Crippen molar-refractivity contribution in [3.05, 3.63) is 98.5 Å². The molecule has 0 radical (unpaired) electrons. The molecule has 5 aromatic rings. The maximum absolute atomic E-state index is 13.4. The van der Waals surface area contributed by atoms with E-state index in [1.165, 1.54) is 14.2 Å². The van der Waals surface area contributed by atoms with Gasteiger partial charge in [0, 0.05) is 22.9 Å². The van der Waals surface area contributed by atoms with Crippen LogP contribution in [0.4, 0.5) is 0 Å². The molecule has 1 aromatic carbocycles. The van der Waals surface area contributed by atoms with Crippen LogP contribution in [-0.4, -0.2) is 48.9 Å². The summed E-state index contributed by atoms with van der Waals surface area (Å²) in [6, 6.07) is 16.1. The van der Waals surface area contributed by atoms with Crippen LogP contribution in [0.3, 0.4) is 0 Å². The number of aromatic amines is 1. The lowest BCUT2D eigenvalue weighted by molar-refractivity contribution is 0.368. The van der Waals surface area contributed by atoms with Crippen molar-refractivity contribution in [2.75, 3.05) is 14.2 Å². The predicted octanol–water partition coefficient (Wildman–Crippen LogP) is 3.44. The van der Waals surface area contributed by atoms with Crippen LogP contribution in [0.5, 0.6) is 11.8 Å². The molecule has 0 unspecified atom stereocenters. The third kappa shape index (κ3) is 6.38. The van der Waals surface area contributed by atoms with Gasteiger partial charge in [-0.3, -0.25) is 23.9 Å². The van der Waals surface area contributed by atoms with Crippen molar-refractivity contribution in [3.63, 3.8) is 0 Å². The van der Waals surface area contributed by atoms with Crippen molar-refractivity contribution in [1.82, 2.24) is 34.6 Å². The number of unbranched alkanes of at least 4 members (excludes halogenated alkanes) is 1. The van der Waals surface area contributed by atoms with E-state index >= 15 is 0 Å². The number of rotatable bonds is 11. The van der Waals surface area contributed by atoms with Gasteiger partial charge in [0.1, 0.15) is 11.6 Å². The number of hydrogen-bond donors (Lipinski definition) is 1. The maximum atomic E-state index is 13.4. The Labute approximate surface area is 235 Å². The average molecular weight is 556 g/mol. The number of aromatic nitrogens is 7. The minimum absolute atomic E-state index is 0.174. The number of aryl methyl sites for hydroxylation is 1. The molecule has 0 atom stereocenters. The number of H-pyrrole nitrogens is 1. The highest BCUT2D eigenvalue weighted by Crippen LogP contribution is 2.28. The SMILES string of the molecule is CCCCc1cc(=O)n(Cc2cccc(-c3ccccc3-c3noc(=O)[nH]3)n2)c(Cc2nc(OC)cc(OC)n2)n1. The number of hydrogen-bond acceptors (Lipinski definition) is 10. The highest BCUT2D eigenvalue weighted by atomic mass is 16.5. The molecule has 5 rings (SSSR count). The molecule has 4 aromatic heterocycles. The summed E-state index contributed by atoms with van der Waals surface area (Å²) < 4.78 is 16.9. The molecule has 0 aliphatic carbocycles. The lowest BCUT2D eigenvalue weighted by atomic mass is 10.0. The van der Waals surface area contributed by atoms with E-state index in [-0.39, 0.29) is 18.5 Å². The molecule has 0 amide bonds. The molecule has 12 nitrogen and oxygen atoms in total. The van der Waals surface area contributed by atoms with Gasteiger partial charge in [-0.2, -0.15) is 9.97 Å². The molecule has 41 heavy (non-hydrogen) atoms. The fraction of sp³-hybridized carbons (Fsp3) is 0.276. The highest BCUT2D eigenvalue weighted by molar-refractivity contribution is 5.78. The number of nitrogens with zero attached hydrogens (tertiary/aromatic N) is 6. The van der Waals surface area contributed by atoms with Crippen LogP contribution in [0, 0.1) is 0 Å². The second-order valence-corrected chi connectivity index (χ2v) is 9.24. The quantitative estimate of drug-likeness (QED) is 0.257. The maximum Gasteiger partial charge on any atom is 0.439 e. The highest BCUT2D eigenvalue weighted by Gasteiger charge is 2.16. The Bertz CT molecular complexity index is 1750. The molecule has 12 heteroatoms. The van der Waals surface area contributed by atoms with Gasteiger partial charge in [0.2, 0.25) is 11.8 Å². The monoisotopic (exact) mass is 555 g/mol. The summed E-state index contributed by atoms with van der Waals surface area (Å²) in [6.07, 6.45) is 2.78. The molecule has 0 saturated heterocycles. The fourth-order valence-electron chi connectivity index (χ4n) is 4.41. The van der Waals surface area contributed by atoms with Crippen LogP contribution < -0.4 is 20.8 Å². The summed E-state index contributed by atoms with van der Waals surface area (Å²) in [5.41, 5.74) is 3.22. The molecule has 0 fully saturated rings. The zero-order valence-electron chi connectivity index (χ0n) is 23.0. The molecule has 0 aliphatic heterocycles. The normalized spacial score (nSPS) is 11.0. The largest absolute Gasteiger partial charge is 0.481 e. The van der Waals surface area contributed by atoms with Gasteiger partial charge in [0.25, 0.3) is 5.56 Å². The smallest absolute Gasteiger partial charge is 0.439 e. The minimum atomic E-state index is -0.643.